The highest BCUT2D eigenvalue weighted by Gasteiger charge is 2.09. The van der Waals surface area contributed by atoms with Gasteiger partial charge >= 0.3 is 0 Å². The standard InChI is InChI=1S/C13H19N3O/c1-4-16-12(8-10(2)15-16)9-14-11(3)13-6-5-7-17-13/h5-8,11,14H,4,9H2,1-3H3/t11-/m0/s1. The third-order valence-corrected chi connectivity index (χ3v) is 2.84. The summed E-state index contributed by atoms with van der Waals surface area (Å²) in [5.74, 6) is 0.962. The molecule has 2 rings (SSSR count). The van der Waals surface area contributed by atoms with Crippen LogP contribution in [-0.2, 0) is 13.1 Å². The van der Waals surface area contributed by atoms with Crippen molar-refractivity contribution in [1.29, 1.82) is 0 Å². The van der Waals surface area contributed by atoms with Crippen LogP contribution < -0.4 is 5.32 Å². The van der Waals surface area contributed by atoms with Crippen molar-refractivity contribution < 1.29 is 4.42 Å². The Balaban J connectivity index is 1.97. The second-order valence-corrected chi connectivity index (χ2v) is 4.21. The Hall–Kier alpha value is -1.55. The fourth-order valence-electron chi connectivity index (χ4n) is 1.91. The molecule has 4 heteroatoms. The van der Waals surface area contributed by atoms with Crippen LogP contribution in [0.3, 0.4) is 0 Å². The molecule has 2 aromatic heterocycles. The van der Waals surface area contributed by atoms with Crippen molar-refractivity contribution in [3.63, 3.8) is 0 Å². The smallest absolute Gasteiger partial charge is 0.120 e. The van der Waals surface area contributed by atoms with E-state index >= 15 is 0 Å². The molecule has 0 amide bonds. The van der Waals surface area contributed by atoms with Crippen LogP contribution in [0.25, 0.3) is 0 Å². The molecule has 1 N–H and O–H groups in total. The highest BCUT2D eigenvalue weighted by molar-refractivity contribution is 5.10. The Morgan fingerprint density at radius 1 is 1.53 bits per heavy atom. The van der Waals surface area contributed by atoms with Crippen molar-refractivity contribution in [1.82, 2.24) is 15.1 Å². The molecular formula is C13H19N3O. The maximum absolute atomic E-state index is 5.36. The van der Waals surface area contributed by atoms with Crippen molar-refractivity contribution in [3.05, 3.63) is 41.6 Å². The highest BCUT2D eigenvalue weighted by atomic mass is 16.3. The molecule has 2 heterocycles. The summed E-state index contributed by atoms with van der Waals surface area (Å²) >= 11 is 0. The third kappa shape index (κ3) is 2.77. The number of nitrogens with zero attached hydrogens (tertiary/aromatic N) is 2. The first-order chi connectivity index (χ1) is 8.20. The number of hydrogen-bond acceptors (Lipinski definition) is 3. The summed E-state index contributed by atoms with van der Waals surface area (Å²) in [6.07, 6.45) is 1.70. The molecule has 0 aliphatic rings. The van der Waals surface area contributed by atoms with Gasteiger partial charge in [-0.05, 0) is 39.0 Å². The van der Waals surface area contributed by atoms with Crippen LogP contribution >= 0.6 is 0 Å². The Morgan fingerprint density at radius 3 is 3.00 bits per heavy atom. The van der Waals surface area contributed by atoms with Crippen LogP contribution in [0.2, 0.25) is 0 Å². The van der Waals surface area contributed by atoms with Crippen molar-refractivity contribution in [2.75, 3.05) is 0 Å². The molecule has 0 unspecified atom stereocenters. The van der Waals surface area contributed by atoms with Gasteiger partial charge in [0.05, 0.1) is 23.7 Å². The Kier molecular flexibility index (Phi) is 3.64. The number of nitrogens with one attached hydrogen (secondary N) is 1. The van der Waals surface area contributed by atoms with Gasteiger partial charge in [0, 0.05) is 13.1 Å². The zero-order chi connectivity index (χ0) is 12.3. The minimum Gasteiger partial charge on any atom is -0.468 e. The van der Waals surface area contributed by atoms with Gasteiger partial charge in [0.2, 0.25) is 0 Å². The Bertz CT molecular complexity index is 459. The van der Waals surface area contributed by atoms with Gasteiger partial charge in [-0.25, -0.2) is 0 Å². The summed E-state index contributed by atoms with van der Waals surface area (Å²) in [4.78, 5) is 0. The zero-order valence-corrected chi connectivity index (χ0v) is 10.6. The first-order valence-electron chi connectivity index (χ1n) is 6.00. The van der Waals surface area contributed by atoms with E-state index in [1.807, 2.05) is 23.7 Å². The fraction of sp³-hybridized carbons (Fsp3) is 0.462. The number of hydrogen-bond donors (Lipinski definition) is 1. The Morgan fingerprint density at radius 2 is 2.35 bits per heavy atom. The molecule has 0 spiro atoms. The molecule has 0 bridgehead atoms. The first kappa shape index (κ1) is 11.9. The van der Waals surface area contributed by atoms with E-state index in [2.05, 4.69) is 30.3 Å². The summed E-state index contributed by atoms with van der Waals surface area (Å²) < 4.78 is 7.39. The molecule has 4 nitrogen and oxygen atoms in total. The maximum atomic E-state index is 5.36. The van der Waals surface area contributed by atoms with Gasteiger partial charge in [-0.15, -0.1) is 0 Å². The van der Waals surface area contributed by atoms with Crippen molar-refractivity contribution in [2.24, 2.45) is 0 Å². The lowest BCUT2D eigenvalue weighted by atomic mass is 10.2. The summed E-state index contributed by atoms with van der Waals surface area (Å²) in [6.45, 7) is 7.92. The predicted octanol–water partition coefficient (Wildman–Crippen LogP) is 2.66. The third-order valence-electron chi connectivity index (χ3n) is 2.84. The van der Waals surface area contributed by atoms with E-state index in [0.29, 0.717) is 0 Å². The van der Waals surface area contributed by atoms with E-state index in [1.165, 1.54) is 5.69 Å². The monoisotopic (exact) mass is 233 g/mol. The first-order valence-corrected chi connectivity index (χ1v) is 6.00. The van der Waals surface area contributed by atoms with E-state index in [0.717, 1.165) is 24.5 Å². The van der Waals surface area contributed by atoms with Crippen LogP contribution in [0.1, 0.15) is 37.0 Å². The summed E-state index contributed by atoms with van der Waals surface area (Å²) in [5.41, 5.74) is 2.28. The van der Waals surface area contributed by atoms with E-state index in [9.17, 15) is 0 Å². The second kappa shape index (κ2) is 5.19. The van der Waals surface area contributed by atoms with Crippen LogP contribution in [0.5, 0.6) is 0 Å². The maximum Gasteiger partial charge on any atom is 0.120 e. The van der Waals surface area contributed by atoms with Gasteiger partial charge in [-0.1, -0.05) is 0 Å². The van der Waals surface area contributed by atoms with Gasteiger partial charge < -0.3 is 9.73 Å². The normalized spacial score (nSPS) is 12.9. The molecule has 2 aromatic rings. The molecular weight excluding hydrogens is 214 g/mol. The van der Waals surface area contributed by atoms with Gasteiger partial charge in [0.25, 0.3) is 0 Å². The van der Waals surface area contributed by atoms with E-state index in [-0.39, 0.29) is 6.04 Å². The van der Waals surface area contributed by atoms with E-state index in [1.54, 1.807) is 6.26 Å². The van der Waals surface area contributed by atoms with Gasteiger partial charge in [0.15, 0.2) is 0 Å². The lowest BCUT2D eigenvalue weighted by Gasteiger charge is -2.11. The lowest BCUT2D eigenvalue weighted by molar-refractivity contribution is 0.424. The van der Waals surface area contributed by atoms with Gasteiger partial charge in [-0.3, -0.25) is 4.68 Å². The molecule has 92 valence electrons. The summed E-state index contributed by atoms with van der Waals surface area (Å²) in [6, 6.07) is 6.23. The van der Waals surface area contributed by atoms with Crippen LogP contribution in [-0.4, -0.2) is 9.78 Å². The summed E-state index contributed by atoms with van der Waals surface area (Å²) in [5, 5.41) is 7.86. The Labute approximate surface area is 102 Å². The van der Waals surface area contributed by atoms with Crippen LogP contribution in [0.4, 0.5) is 0 Å². The fourth-order valence-corrected chi connectivity index (χ4v) is 1.91. The largest absolute Gasteiger partial charge is 0.468 e. The molecule has 0 radical (unpaired) electrons. The average Bonchev–Trinajstić information content (AvgIpc) is 2.94. The number of furan rings is 1. The molecule has 0 saturated carbocycles. The van der Waals surface area contributed by atoms with Crippen molar-refractivity contribution >= 4 is 0 Å². The lowest BCUT2D eigenvalue weighted by Crippen LogP contribution is -2.19. The predicted molar refractivity (Wildman–Crippen MR) is 66.6 cm³/mol. The molecule has 1 atom stereocenters. The molecule has 0 aliphatic carbocycles. The zero-order valence-electron chi connectivity index (χ0n) is 10.6. The van der Waals surface area contributed by atoms with Crippen molar-refractivity contribution in [2.45, 2.75) is 39.9 Å². The topological polar surface area (TPSA) is 43.0 Å². The van der Waals surface area contributed by atoms with Gasteiger partial charge in [-0.2, -0.15) is 5.10 Å². The molecule has 17 heavy (non-hydrogen) atoms. The van der Waals surface area contributed by atoms with E-state index in [4.69, 9.17) is 4.42 Å². The highest BCUT2D eigenvalue weighted by Crippen LogP contribution is 2.13. The molecule has 0 fully saturated rings. The number of aryl methyl sites for hydroxylation is 2. The summed E-state index contributed by atoms with van der Waals surface area (Å²) in [7, 11) is 0. The van der Waals surface area contributed by atoms with Gasteiger partial charge in [0.1, 0.15) is 5.76 Å². The van der Waals surface area contributed by atoms with Crippen molar-refractivity contribution in [3.8, 4) is 0 Å². The number of aromatic nitrogens is 2. The quantitative estimate of drug-likeness (QED) is 0.863. The van der Waals surface area contributed by atoms with Crippen LogP contribution in [0.15, 0.2) is 28.9 Å². The minimum atomic E-state index is 0.213. The van der Waals surface area contributed by atoms with E-state index < -0.39 is 0 Å². The average molecular weight is 233 g/mol. The SMILES string of the molecule is CCn1nc(C)cc1CN[C@@H](C)c1ccco1. The molecule has 0 saturated heterocycles. The molecule has 0 aromatic carbocycles. The second-order valence-electron chi connectivity index (χ2n) is 4.21. The minimum absolute atomic E-state index is 0.213. The van der Waals surface area contributed by atoms with Crippen LogP contribution in [0, 0.1) is 6.92 Å². The molecule has 0 aliphatic heterocycles. The number of rotatable bonds is 5.